The maximum Gasteiger partial charge on any atom is 0.243 e. The molecule has 37 heavy (non-hydrogen) atoms. The molecule has 0 radical (unpaired) electrons. The average molecular weight is 642 g/mol. The van der Waals surface area contributed by atoms with Crippen LogP contribution < -0.4 is 17.0 Å². The molecule has 0 bridgehead atoms. The second-order valence-corrected chi connectivity index (χ2v) is 10.7. The van der Waals surface area contributed by atoms with Crippen molar-refractivity contribution in [1.82, 2.24) is 4.57 Å². The Balaban J connectivity index is 0.00000380. The molecule has 0 fully saturated rings. The van der Waals surface area contributed by atoms with E-state index in [0.717, 1.165) is 11.1 Å². The van der Waals surface area contributed by atoms with Crippen molar-refractivity contribution in [2.24, 2.45) is 0 Å². The number of benzene rings is 3. The Morgan fingerprint density at radius 2 is 1.35 bits per heavy atom. The van der Waals surface area contributed by atoms with Crippen LogP contribution in [0.3, 0.4) is 0 Å². The van der Waals surface area contributed by atoms with Crippen LogP contribution in [0.25, 0.3) is 0 Å². The van der Waals surface area contributed by atoms with Gasteiger partial charge in [0.2, 0.25) is 6.33 Å². The average Bonchev–Trinajstić information content (AvgIpc) is 3.24. The zero-order valence-corrected chi connectivity index (χ0v) is 24.4. The van der Waals surface area contributed by atoms with Crippen molar-refractivity contribution in [2.75, 3.05) is 0 Å². The fraction of sp³-hybridized carbons (Fsp3) is 0.192. The standard InChI is InChI=1S/C26H21Cl6N2O2.ClH/c27-17-2-1-16(22(30)9-17)14-36-26(21-6-4-19(29)11-24(21)32)13-34-8-7-33(15-34)12-25(35)20-5-3-18(28)10-23(20)31;/h1-11,15,25-26,35H,12-14H2;1H/q+1;/p-1. The first-order valence-electron chi connectivity index (χ1n) is 10.9. The summed E-state index contributed by atoms with van der Waals surface area (Å²) in [5.41, 5.74) is 2.20. The topological polar surface area (TPSA) is 38.3 Å². The zero-order chi connectivity index (χ0) is 25.8. The molecular weight excluding hydrogens is 620 g/mol. The molecule has 0 aliphatic rings. The van der Waals surface area contributed by atoms with Gasteiger partial charge in [0.15, 0.2) is 0 Å². The van der Waals surface area contributed by atoms with Crippen molar-refractivity contribution < 1.29 is 26.8 Å². The molecule has 4 nitrogen and oxygen atoms in total. The molecule has 2 atom stereocenters. The van der Waals surface area contributed by atoms with Gasteiger partial charge in [0.25, 0.3) is 0 Å². The number of aliphatic hydroxyl groups is 1. The Morgan fingerprint density at radius 1 is 0.784 bits per heavy atom. The number of ether oxygens (including phenoxy) is 1. The van der Waals surface area contributed by atoms with E-state index in [2.05, 4.69) is 0 Å². The van der Waals surface area contributed by atoms with Gasteiger partial charge in [-0.1, -0.05) is 87.8 Å². The number of rotatable bonds is 9. The van der Waals surface area contributed by atoms with Crippen LogP contribution in [0, 0.1) is 0 Å². The first-order chi connectivity index (χ1) is 17.2. The molecule has 1 heterocycles. The van der Waals surface area contributed by atoms with Gasteiger partial charge in [0, 0.05) is 41.3 Å². The first-order valence-corrected chi connectivity index (χ1v) is 13.1. The van der Waals surface area contributed by atoms with Gasteiger partial charge < -0.3 is 22.3 Å². The second kappa shape index (κ2) is 13.7. The summed E-state index contributed by atoms with van der Waals surface area (Å²) in [6, 6.07) is 15.6. The molecule has 0 aliphatic heterocycles. The van der Waals surface area contributed by atoms with Crippen molar-refractivity contribution >= 4 is 69.6 Å². The predicted octanol–water partition coefficient (Wildman–Crippen LogP) is 5.39. The van der Waals surface area contributed by atoms with Gasteiger partial charge in [0.05, 0.1) is 6.61 Å². The minimum atomic E-state index is -0.805. The highest BCUT2D eigenvalue weighted by Gasteiger charge is 2.22. The highest BCUT2D eigenvalue weighted by molar-refractivity contribution is 6.36. The summed E-state index contributed by atoms with van der Waals surface area (Å²) in [7, 11) is 0. The SMILES string of the molecule is OC(Cn1cc[n+](CC(OCc2ccc(Cl)cc2Cl)c2ccc(Cl)cc2Cl)c1)c1ccc(Cl)cc1Cl.[Cl-]. The molecule has 1 N–H and O–H groups in total. The van der Waals surface area contributed by atoms with Gasteiger partial charge in [-0.05, 0) is 42.0 Å². The van der Waals surface area contributed by atoms with Gasteiger partial charge in [-0.2, -0.15) is 0 Å². The van der Waals surface area contributed by atoms with Gasteiger partial charge in [-0.3, -0.25) is 0 Å². The zero-order valence-electron chi connectivity index (χ0n) is 19.1. The number of aromatic nitrogens is 2. The summed E-state index contributed by atoms with van der Waals surface area (Å²) in [5, 5.41) is 13.8. The monoisotopic (exact) mass is 638 g/mol. The quantitative estimate of drug-likeness (QED) is 0.249. The number of halogens is 7. The lowest BCUT2D eigenvalue weighted by atomic mass is 10.1. The van der Waals surface area contributed by atoms with Crippen LogP contribution in [0.5, 0.6) is 0 Å². The highest BCUT2D eigenvalue weighted by Crippen LogP contribution is 2.31. The molecular formula is C26H21Cl7N2O2. The van der Waals surface area contributed by atoms with Gasteiger partial charge in [-0.25, -0.2) is 9.13 Å². The third kappa shape index (κ3) is 8.15. The van der Waals surface area contributed by atoms with E-state index in [4.69, 9.17) is 74.3 Å². The summed E-state index contributed by atoms with van der Waals surface area (Å²) >= 11 is 37.2. The molecule has 0 amide bonds. The van der Waals surface area contributed by atoms with Crippen LogP contribution in [0.2, 0.25) is 30.1 Å². The summed E-state index contributed by atoms with van der Waals surface area (Å²) in [5.74, 6) is 0. The molecule has 4 aromatic rings. The van der Waals surface area contributed by atoms with Crippen molar-refractivity contribution in [3.05, 3.63) is 120 Å². The minimum Gasteiger partial charge on any atom is -1.00 e. The molecule has 0 saturated carbocycles. The van der Waals surface area contributed by atoms with E-state index in [1.807, 2.05) is 40.0 Å². The van der Waals surface area contributed by atoms with Gasteiger partial charge in [0.1, 0.15) is 37.7 Å². The summed E-state index contributed by atoms with van der Waals surface area (Å²) < 4.78 is 10.1. The number of imidazole rings is 1. The van der Waals surface area contributed by atoms with Crippen molar-refractivity contribution in [1.29, 1.82) is 0 Å². The molecule has 1 aromatic heterocycles. The Hall–Kier alpha value is -1.18. The third-order valence-electron chi connectivity index (χ3n) is 5.59. The van der Waals surface area contributed by atoms with Gasteiger partial charge >= 0.3 is 0 Å². The molecule has 3 aromatic carbocycles. The summed E-state index contributed by atoms with van der Waals surface area (Å²) in [6.07, 6.45) is 4.43. The second-order valence-electron chi connectivity index (χ2n) is 8.19. The number of nitrogens with zero attached hydrogens (tertiary/aromatic N) is 2. The van der Waals surface area contributed by atoms with Gasteiger partial charge in [-0.15, -0.1) is 0 Å². The van der Waals surface area contributed by atoms with E-state index >= 15 is 0 Å². The van der Waals surface area contributed by atoms with E-state index in [1.54, 1.807) is 42.5 Å². The highest BCUT2D eigenvalue weighted by atomic mass is 35.5. The molecule has 0 spiro atoms. The molecule has 2 unspecified atom stereocenters. The third-order valence-corrected chi connectivity index (χ3v) is 7.30. The molecule has 0 aliphatic carbocycles. The first kappa shape index (κ1) is 30.4. The van der Waals surface area contributed by atoms with E-state index in [1.165, 1.54) is 0 Å². The Kier molecular flexibility index (Phi) is 11.3. The van der Waals surface area contributed by atoms with Crippen molar-refractivity contribution in [2.45, 2.75) is 31.9 Å². The molecule has 4 rings (SSSR count). The van der Waals surface area contributed by atoms with Crippen LogP contribution in [0.1, 0.15) is 28.9 Å². The van der Waals surface area contributed by atoms with Crippen LogP contribution >= 0.6 is 69.6 Å². The summed E-state index contributed by atoms with van der Waals surface area (Å²) in [4.78, 5) is 0. The van der Waals surface area contributed by atoms with Crippen molar-refractivity contribution in [3.8, 4) is 0 Å². The minimum absolute atomic E-state index is 0. The lowest BCUT2D eigenvalue weighted by Gasteiger charge is -2.19. The number of hydrogen-bond acceptors (Lipinski definition) is 2. The summed E-state index contributed by atoms with van der Waals surface area (Å²) in [6.45, 7) is 1.02. The molecule has 0 saturated heterocycles. The lowest BCUT2D eigenvalue weighted by Crippen LogP contribution is -3.00. The molecule has 196 valence electrons. The van der Waals surface area contributed by atoms with Crippen molar-refractivity contribution in [3.63, 3.8) is 0 Å². The smallest absolute Gasteiger partial charge is 0.243 e. The maximum atomic E-state index is 10.7. The Labute approximate surface area is 251 Å². The maximum absolute atomic E-state index is 10.7. The predicted molar refractivity (Wildman–Crippen MR) is 147 cm³/mol. The fourth-order valence-electron chi connectivity index (χ4n) is 3.75. The normalized spacial score (nSPS) is 12.7. The van der Waals surface area contributed by atoms with Crippen LogP contribution in [-0.2, 0) is 24.4 Å². The number of hydrogen-bond donors (Lipinski definition) is 1. The van der Waals surface area contributed by atoms with E-state index in [9.17, 15) is 5.11 Å². The van der Waals surface area contributed by atoms with E-state index < -0.39 is 12.2 Å². The Morgan fingerprint density at radius 3 is 1.95 bits per heavy atom. The van der Waals surface area contributed by atoms with Crippen LogP contribution in [0.15, 0.2) is 73.3 Å². The van der Waals surface area contributed by atoms with E-state index in [-0.39, 0.29) is 19.0 Å². The fourth-order valence-corrected chi connectivity index (χ4v) is 5.28. The largest absolute Gasteiger partial charge is 1.00 e. The Bertz CT molecular complexity index is 1360. The number of aliphatic hydroxyl groups excluding tert-OH is 1. The van der Waals surface area contributed by atoms with E-state index in [0.29, 0.717) is 48.8 Å². The van der Waals surface area contributed by atoms with Crippen LogP contribution in [0.4, 0.5) is 0 Å². The van der Waals surface area contributed by atoms with Crippen LogP contribution in [-0.4, -0.2) is 9.67 Å². The lowest BCUT2D eigenvalue weighted by molar-refractivity contribution is -0.705. The molecule has 11 heteroatoms.